The van der Waals surface area contributed by atoms with E-state index in [9.17, 15) is 9.59 Å². The van der Waals surface area contributed by atoms with Crippen molar-refractivity contribution in [2.45, 2.75) is 13.0 Å². The van der Waals surface area contributed by atoms with Gasteiger partial charge in [-0.25, -0.2) is 4.79 Å². The van der Waals surface area contributed by atoms with Crippen molar-refractivity contribution in [1.29, 1.82) is 0 Å². The van der Waals surface area contributed by atoms with E-state index in [0.717, 1.165) is 0 Å². The molecule has 0 atom stereocenters. The van der Waals surface area contributed by atoms with Crippen LogP contribution in [0.1, 0.15) is 12.2 Å². The van der Waals surface area contributed by atoms with Crippen LogP contribution in [-0.4, -0.2) is 32.6 Å². The maximum Gasteiger partial charge on any atom is 0.321 e. The fourth-order valence-corrected chi connectivity index (χ4v) is 1.12. The maximum atomic E-state index is 11.2. The molecule has 0 unspecified atom stereocenters. The van der Waals surface area contributed by atoms with Crippen LogP contribution in [0.3, 0.4) is 0 Å². The predicted molar refractivity (Wildman–Crippen MR) is 56.7 cm³/mol. The number of imide groups is 1. The summed E-state index contributed by atoms with van der Waals surface area (Å²) in [7, 11) is 1.76. The minimum Gasteiger partial charge on any atom is -0.330 e. The second-order valence-electron chi connectivity index (χ2n) is 3.03. The number of nitrogens with zero attached hydrogens (tertiary/aromatic N) is 3. The molecule has 16 heavy (non-hydrogen) atoms. The molecule has 0 saturated carbocycles. The van der Waals surface area contributed by atoms with Crippen LogP contribution < -0.4 is 10.6 Å². The van der Waals surface area contributed by atoms with Crippen LogP contribution >= 0.6 is 11.6 Å². The Morgan fingerprint density at radius 3 is 2.88 bits per heavy atom. The highest BCUT2D eigenvalue weighted by atomic mass is 35.5. The van der Waals surface area contributed by atoms with E-state index in [1.54, 1.807) is 11.6 Å². The molecule has 0 bridgehead atoms. The van der Waals surface area contributed by atoms with Gasteiger partial charge in [0.1, 0.15) is 6.33 Å². The van der Waals surface area contributed by atoms with Crippen LogP contribution in [0.15, 0.2) is 6.33 Å². The van der Waals surface area contributed by atoms with Crippen molar-refractivity contribution in [3.8, 4) is 0 Å². The number of aryl methyl sites for hydroxylation is 1. The molecule has 1 aromatic heterocycles. The van der Waals surface area contributed by atoms with Crippen LogP contribution in [-0.2, 0) is 18.4 Å². The number of urea groups is 1. The summed E-state index contributed by atoms with van der Waals surface area (Å²) in [4.78, 5) is 22.2. The second-order valence-corrected chi connectivity index (χ2v) is 3.41. The zero-order chi connectivity index (χ0) is 12.0. The lowest BCUT2D eigenvalue weighted by Gasteiger charge is -2.05. The number of amides is 3. The van der Waals surface area contributed by atoms with Gasteiger partial charge in [-0.2, -0.15) is 0 Å². The summed E-state index contributed by atoms with van der Waals surface area (Å²) in [6, 6.07) is -0.571. The number of carbonyl (C=O) groups is 2. The number of rotatable bonds is 4. The van der Waals surface area contributed by atoms with E-state index in [0.29, 0.717) is 5.82 Å². The Morgan fingerprint density at radius 1 is 1.56 bits per heavy atom. The molecule has 7 nitrogen and oxygen atoms in total. The van der Waals surface area contributed by atoms with Gasteiger partial charge in [0, 0.05) is 19.3 Å². The Morgan fingerprint density at radius 2 is 2.31 bits per heavy atom. The van der Waals surface area contributed by atoms with E-state index in [1.165, 1.54) is 6.33 Å². The SMILES string of the molecule is Cn1cnnc1CNC(=O)NC(=O)CCCl. The van der Waals surface area contributed by atoms with Gasteiger partial charge in [-0.15, -0.1) is 21.8 Å². The molecule has 0 spiro atoms. The first-order valence-corrected chi connectivity index (χ1v) is 5.13. The summed E-state index contributed by atoms with van der Waals surface area (Å²) < 4.78 is 1.67. The topological polar surface area (TPSA) is 88.9 Å². The molecule has 1 aromatic rings. The first kappa shape index (κ1) is 12.4. The van der Waals surface area contributed by atoms with Crippen LogP contribution in [0, 0.1) is 0 Å². The van der Waals surface area contributed by atoms with Crippen molar-refractivity contribution in [3.05, 3.63) is 12.2 Å². The summed E-state index contributed by atoms with van der Waals surface area (Å²) in [5.41, 5.74) is 0. The van der Waals surface area contributed by atoms with Gasteiger partial charge in [0.2, 0.25) is 5.91 Å². The van der Waals surface area contributed by atoms with Crippen LogP contribution in [0.25, 0.3) is 0 Å². The van der Waals surface area contributed by atoms with Crippen LogP contribution in [0.2, 0.25) is 0 Å². The van der Waals surface area contributed by atoms with Gasteiger partial charge < -0.3 is 9.88 Å². The van der Waals surface area contributed by atoms with Gasteiger partial charge in [0.25, 0.3) is 0 Å². The van der Waals surface area contributed by atoms with E-state index in [2.05, 4.69) is 20.8 Å². The summed E-state index contributed by atoms with van der Waals surface area (Å²) in [6.07, 6.45) is 1.63. The number of hydrogen-bond donors (Lipinski definition) is 2. The molecule has 0 aromatic carbocycles. The molecule has 0 fully saturated rings. The van der Waals surface area contributed by atoms with Crippen molar-refractivity contribution in [3.63, 3.8) is 0 Å². The van der Waals surface area contributed by atoms with Gasteiger partial charge in [-0.3, -0.25) is 10.1 Å². The Bertz CT molecular complexity index is 378. The van der Waals surface area contributed by atoms with Crippen molar-refractivity contribution in [2.75, 3.05) is 5.88 Å². The Balaban J connectivity index is 2.31. The highest BCUT2D eigenvalue weighted by Gasteiger charge is 2.07. The van der Waals surface area contributed by atoms with Crippen LogP contribution in [0.5, 0.6) is 0 Å². The molecule has 0 radical (unpaired) electrons. The van der Waals surface area contributed by atoms with Crippen molar-refractivity contribution in [2.24, 2.45) is 7.05 Å². The highest BCUT2D eigenvalue weighted by Crippen LogP contribution is 1.90. The molecule has 8 heteroatoms. The molecule has 0 aliphatic rings. The van der Waals surface area contributed by atoms with Crippen molar-refractivity contribution in [1.82, 2.24) is 25.4 Å². The molecule has 3 amide bonds. The van der Waals surface area contributed by atoms with E-state index in [1.807, 2.05) is 0 Å². The third kappa shape index (κ3) is 3.85. The molecule has 0 aliphatic carbocycles. The zero-order valence-corrected chi connectivity index (χ0v) is 9.49. The van der Waals surface area contributed by atoms with Crippen molar-refractivity contribution < 1.29 is 9.59 Å². The standard InChI is InChI=1S/C8H12ClN5O2/c1-14-5-11-13-6(14)4-10-8(16)12-7(15)2-3-9/h5H,2-4H2,1H3,(H2,10,12,15,16). The number of carbonyl (C=O) groups excluding carboxylic acids is 2. The van der Waals surface area contributed by atoms with Crippen LogP contribution in [0.4, 0.5) is 4.79 Å². The fourth-order valence-electron chi connectivity index (χ4n) is 0.946. The Hall–Kier alpha value is -1.63. The van der Waals surface area contributed by atoms with E-state index >= 15 is 0 Å². The highest BCUT2D eigenvalue weighted by molar-refractivity contribution is 6.19. The molecule has 0 aliphatic heterocycles. The lowest BCUT2D eigenvalue weighted by atomic mass is 10.4. The average Bonchev–Trinajstić information content (AvgIpc) is 2.61. The van der Waals surface area contributed by atoms with E-state index in [4.69, 9.17) is 11.6 Å². The molecule has 0 saturated heterocycles. The van der Waals surface area contributed by atoms with Gasteiger partial charge in [-0.1, -0.05) is 0 Å². The molecule has 2 N–H and O–H groups in total. The third-order valence-corrected chi connectivity index (χ3v) is 1.98. The number of alkyl halides is 1. The number of hydrogen-bond acceptors (Lipinski definition) is 4. The second kappa shape index (κ2) is 6.06. The summed E-state index contributed by atoms with van der Waals surface area (Å²) in [6.45, 7) is 0.205. The third-order valence-electron chi connectivity index (χ3n) is 1.79. The van der Waals surface area contributed by atoms with Gasteiger partial charge >= 0.3 is 6.03 Å². The Labute approximate surface area is 97.2 Å². The average molecular weight is 246 g/mol. The van der Waals surface area contributed by atoms with Gasteiger partial charge in [0.05, 0.1) is 6.54 Å². The molecule has 1 rings (SSSR count). The normalized spacial score (nSPS) is 9.88. The molecule has 1 heterocycles. The lowest BCUT2D eigenvalue weighted by Crippen LogP contribution is -2.39. The predicted octanol–water partition coefficient (Wildman–Crippen LogP) is -0.230. The fraction of sp³-hybridized carbons (Fsp3) is 0.500. The largest absolute Gasteiger partial charge is 0.330 e. The van der Waals surface area contributed by atoms with E-state index in [-0.39, 0.29) is 18.8 Å². The summed E-state index contributed by atoms with van der Waals surface area (Å²) in [5, 5.41) is 12.0. The molecular weight excluding hydrogens is 234 g/mol. The number of nitrogens with one attached hydrogen (secondary N) is 2. The first-order chi connectivity index (χ1) is 7.63. The summed E-state index contributed by atoms with van der Waals surface area (Å²) in [5.74, 6) is 0.368. The lowest BCUT2D eigenvalue weighted by molar-refractivity contribution is -0.119. The summed E-state index contributed by atoms with van der Waals surface area (Å²) >= 11 is 5.34. The minimum atomic E-state index is -0.571. The van der Waals surface area contributed by atoms with Crippen molar-refractivity contribution >= 4 is 23.5 Å². The van der Waals surface area contributed by atoms with E-state index < -0.39 is 11.9 Å². The molecular formula is C8H12ClN5O2. The first-order valence-electron chi connectivity index (χ1n) is 4.60. The zero-order valence-electron chi connectivity index (χ0n) is 8.73. The number of aromatic nitrogens is 3. The number of halogens is 1. The quantitative estimate of drug-likeness (QED) is 0.717. The maximum absolute atomic E-state index is 11.2. The Kier molecular flexibility index (Phi) is 4.71. The van der Waals surface area contributed by atoms with Gasteiger partial charge in [-0.05, 0) is 0 Å². The smallest absolute Gasteiger partial charge is 0.321 e. The monoisotopic (exact) mass is 245 g/mol. The van der Waals surface area contributed by atoms with Gasteiger partial charge in [0.15, 0.2) is 5.82 Å². The minimum absolute atomic E-state index is 0.110. The molecule has 88 valence electrons.